The number of nitrogens with one attached hydrogen (secondary N) is 1. The molecule has 1 aromatic heterocycles. The third kappa shape index (κ3) is 3.54. The van der Waals surface area contributed by atoms with Gasteiger partial charge in [0.15, 0.2) is 5.82 Å². The van der Waals surface area contributed by atoms with Crippen molar-refractivity contribution in [1.82, 2.24) is 9.97 Å². The Morgan fingerprint density at radius 2 is 2.16 bits per heavy atom. The van der Waals surface area contributed by atoms with Crippen LogP contribution in [0.2, 0.25) is 0 Å². The van der Waals surface area contributed by atoms with Gasteiger partial charge in [-0.25, -0.2) is 15.8 Å². The summed E-state index contributed by atoms with van der Waals surface area (Å²) in [6.45, 7) is 6.46. The first-order chi connectivity index (χ1) is 9.22. The number of aromatic nitrogens is 2. The Hall–Kier alpha value is -1.40. The molecular weight excluding hydrogens is 244 g/mol. The molecule has 1 aromatic rings. The van der Waals surface area contributed by atoms with Crippen LogP contribution in [0.3, 0.4) is 0 Å². The number of rotatable bonds is 5. The zero-order valence-electron chi connectivity index (χ0n) is 11.6. The SMILES string of the molecule is CC(C)c1c(NN)ncnc1OCC1CCOCC1. The molecule has 0 unspecified atom stereocenters. The van der Waals surface area contributed by atoms with Gasteiger partial charge in [0.05, 0.1) is 12.2 Å². The first kappa shape index (κ1) is 14.0. The highest BCUT2D eigenvalue weighted by Crippen LogP contribution is 2.30. The summed E-state index contributed by atoms with van der Waals surface area (Å²) in [5, 5.41) is 0. The van der Waals surface area contributed by atoms with Crippen LogP contribution in [0.15, 0.2) is 6.33 Å². The van der Waals surface area contributed by atoms with E-state index in [-0.39, 0.29) is 5.92 Å². The van der Waals surface area contributed by atoms with Gasteiger partial charge in [0.25, 0.3) is 0 Å². The molecule has 0 radical (unpaired) electrons. The van der Waals surface area contributed by atoms with Crippen molar-refractivity contribution >= 4 is 5.82 Å². The van der Waals surface area contributed by atoms with Crippen LogP contribution >= 0.6 is 0 Å². The van der Waals surface area contributed by atoms with Gasteiger partial charge in [0, 0.05) is 13.2 Å². The predicted octanol–water partition coefficient (Wildman–Crippen LogP) is 1.69. The lowest BCUT2D eigenvalue weighted by atomic mass is 10.0. The van der Waals surface area contributed by atoms with E-state index >= 15 is 0 Å². The molecule has 3 N–H and O–H groups in total. The third-order valence-corrected chi connectivity index (χ3v) is 3.36. The van der Waals surface area contributed by atoms with Crippen LogP contribution in [-0.2, 0) is 4.74 Å². The maximum absolute atomic E-state index is 5.88. The van der Waals surface area contributed by atoms with Crippen molar-refractivity contribution in [2.45, 2.75) is 32.6 Å². The molecule has 0 spiro atoms. The summed E-state index contributed by atoms with van der Waals surface area (Å²) >= 11 is 0. The zero-order chi connectivity index (χ0) is 13.7. The van der Waals surface area contributed by atoms with Crippen LogP contribution < -0.4 is 16.0 Å². The fourth-order valence-electron chi connectivity index (χ4n) is 2.24. The topological polar surface area (TPSA) is 82.3 Å². The molecule has 19 heavy (non-hydrogen) atoms. The van der Waals surface area contributed by atoms with Crippen molar-refractivity contribution in [2.75, 3.05) is 25.2 Å². The number of anilines is 1. The van der Waals surface area contributed by atoms with E-state index in [0.717, 1.165) is 31.6 Å². The van der Waals surface area contributed by atoms with Crippen molar-refractivity contribution in [3.63, 3.8) is 0 Å². The molecule has 106 valence electrons. The molecule has 1 aliphatic rings. The lowest BCUT2D eigenvalue weighted by molar-refractivity contribution is 0.0488. The molecule has 0 amide bonds. The van der Waals surface area contributed by atoms with E-state index in [0.29, 0.717) is 24.2 Å². The third-order valence-electron chi connectivity index (χ3n) is 3.36. The van der Waals surface area contributed by atoms with Gasteiger partial charge in [-0.2, -0.15) is 0 Å². The Balaban J connectivity index is 2.06. The summed E-state index contributed by atoms with van der Waals surface area (Å²) in [5.74, 6) is 7.53. The lowest BCUT2D eigenvalue weighted by Crippen LogP contribution is -2.22. The molecule has 0 bridgehead atoms. The summed E-state index contributed by atoms with van der Waals surface area (Å²) < 4.78 is 11.2. The number of nitrogens with zero attached hydrogens (tertiary/aromatic N) is 2. The van der Waals surface area contributed by atoms with Crippen LogP contribution in [-0.4, -0.2) is 29.8 Å². The van der Waals surface area contributed by atoms with Gasteiger partial charge >= 0.3 is 0 Å². The van der Waals surface area contributed by atoms with E-state index in [1.54, 1.807) is 0 Å². The molecule has 1 aliphatic heterocycles. The second-order valence-electron chi connectivity index (χ2n) is 5.11. The summed E-state index contributed by atoms with van der Waals surface area (Å²) in [5.41, 5.74) is 3.53. The molecule has 6 nitrogen and oxygen atoms in total. The minimum absolute atomic E-state index is 0.247. The predicted molar refractivity (Wildman–Crippen MR) is 73.0 cm³/mol. The van der Waals surface area contributed by atoms with E-state index in [9.17, 15) is 0 Å². The van der Waals surface area contributed by atoms with Crippen molar-refractivity contribution < 1.29 is 9.47 Å². The number of hydrogen-bond donors (Lipinski definition) is 2. The summed E-state index contributed by atoms with van der Waals surface area (Å²) in [6.07, 6.45) is 3.56. The Labute approximate surface area is 113 Å². The standard InChI is InChI=1S/C13H22N4O2/c1-9(2)11-12(17-14)15-8-16-13(11)19-7-10-3-5-18-6-4-10/h8-10H,3-7,14H2,1-2H3,(H,15,16,17). The summed E-state index contributed by atoms with van der Waals surface area (Å²) in [6, 6.07) is 0. The molecule has 0 atom stereocenters. The normalized spacial score (nSPS) is 16.6. The molecular formula is C13H22N4O2. The number of nitrogens with two attached hydrogens (primary N) is 1. The maximum atomic E-state index is 5.88. The molecule has 6 heteroatoms. The average Bonchev–Trinajstić information content (AvgIpc) is 2.45. The van der Waals surface area contributed by atoms with Gasteiger partial charge in [0.2, 0.25) is 5.88 Å². The van der Waals surface area contributed by atoms with Crippen molar-refractivity contribution in [3.05, 3.63) is 11.9 Å². The van der Waals surface area contributed by atoms with E-state index in [1.165, 1.54) is 6.33 Å². The first-order valence-electron chi connectivity index (χ1n) is 6.74. The maximum Gasteiger partial charge on any atom is 0.222 e. The van der Waals surface area contributed by atoms with E-state index in [2.05, 4.69) is 29.2 Å². The zero-order valence-corrected chi connectivity index (χ0v) is 11.6. The Morgan fingerprint density at radius 1 is 1.42 bits per heavy atom. The van der Waals surface area contributed by atoms with E-state index in [4.69, 9.17) is 15.3 Å². The number of nitrogen functional groups attached to an aromatic ring is 1. The van der Waals surface area contributed by atoms with Gasteiger partial charge in [-0.3, -0.25) is 0 Å². The van der Waals surface area contributed by atoms with Crippen LogP contribution in [0.5, 0.6) is 5.88 Å². The Kier molecular flexibility index (Phi) is 4.93. The highest BCUT2D eigenvalue weighted by molar-refractivity contribution is 5.49. The molecule has 1 saturated heterocycles. The fourth-order valence-corrected chi connectivity index (χ4v) is 2.24. The second kappa shape index (κ2) is 6.68. The highest BCUT2D eigenvalue weighted by Gasteiger charge is 2.19. The molecule has 0 saturated carbocycles. The molecule has 1 fully saturated rings. The Bertz CT molecular complexity index is 406. The largest absolute Gasteiger partial charge is 0.477 e. The Morgan fingerprint density at radius 3 is 2.79 bits per heavy atom. The van der Waals surface area contributed by atoms with Gasteiger partial charge < -0.3 is 14.9 Å². The summed E-state index contributed by atoms with van der Waals surface area (Å²) in [4.78, 5) is 8.36. The minimum Gasteiger partial charge on any atom is -0.477 e. The molecule has 2 rings (SSSR count). The lowest BCUT2D eigenvalue weighted by Gasteiger charge is -2.23. The quantitative estimate of drug-likeness (QED) is 0.623. The molecule has 0 aliphatic carbocycles. The van der Waals surface area contributed by atoms with Crippen LogP contribution in [0.25, 0.3) is 0 Å². The summed E-state index contributed by atoms with van der Waals surface area (Å²) in [7, 11) is 0. The van der Waals surface area contributed by atoms with Crippen LogP contribution in [0.1, 0.15) is 38.2 Å². The van der Waals surface area contributed by atoms with Gasteiger partial charge in [-0.1, -0.05) is 13.8 Å². The van der Waals surface area contributed by atoms with Crippen molar-refractivity contribution in [1.29, 1.82) is 0 Å². The van der Waals surface area contributed by atoms with Gasteiger partial charge in [0.1, 0.15) is 6.33 Å². The van der Waals surface area contributed by atoms with Gasteiger partial charge in [-0.05, 0) is 24.7 Å². The fraction of sp³-hybridized carbons (Fsp3) is 0.692. The van der Waals surface area contributed by atoms with Crippen molar-refractivity contribution in [3.8, 4) is 5.88 Å². The monoisotopic (exact) mass is 266 g/mol. The average molecular weight is 266 g/mol. The number of ether oxygens (including phenoxy) is 2. The first-order valence-corrected chi connectivity index (χ1v) is 6.74. The number of hydrazine groups is 1. The minimum atomic E-state index is 0.247. The van der Waals surface area contributed by atoms with Gasteiger partial charge in [-0.15, -0.1) is 0 Å². The van der Waals surface area contributed by atoms with E-state index in [1.807, 2.05) is 0 Å². The smallest absolute Gasteiger partial charge is 0.222 e. The second-order valence-corrected chi connectivity index (χ2v) is 5.11. The highest BCUT2D eigenvalue weighted by atomic mass is 16.5. The molecule has 2 heterocycles. The van der Waals surface area contributed by atoms with Crippen molar-refractivity contribution in [2.24, 2.45) is 11.8 Å². The van der Waals surface area contributed by atoms with E-state index < -0.39 is 0 Å². The molecule has 0 aromatic carbocycles. The van der Waals surface area contributed by atoms with Crippen LogP contribution in [0, 0.1) is 5.92 Å². The van der Waals surface area contributed by atoms with Crippen LogP contribution in [0.4, 0.5) is 5.82 Å². The number of hydrogen-bond acceptors (Lipinski definition) is 6.